The van der Waals surface area contributed by atoms with Crippen molar-refractivity contribution in [3.8, 4) is 6.07 Å². The van der Waals surface area contributed by atoms with Crippen LogP contribution in [0.25, 0.3) is 0 Å². The lowest BCUT2D eigenvalue weighted by Gasteiger charge is -2.33. The van der Waals surface area contributed by atoms with Crippen LogP contribution in [0.1, 0.15) is 20.3 Å². The van der Waals surface area contributed by atoms with Gasteiger partial charge in [0.2, 0.25) is 5.91 Å². The van der Waals surface area contributed by atoms with Crippen LogP contribution < -0.4 is 4.90 Å². The van der Waals surface area contributed by atoms with Gasteiger partial charge in [-0.25, -0.2) is 0 Å². The minimum Gasteiger partial charge on any atom is -0.306 e. The number of anilines is 1. The molecular formula is C13H13ClN2O. The van der Waals surface area contributed by atoms with Crippen molar-refractivity contribution in [1.82, 2.24) is 0 Å². The molecule has 88 valence electrons. The van der Waals surface area contributed by atoms with Gasteiger partial charge in [0.1, 0.15) is 0 Å². The van der Waals surface area contributed by atoms with Crippen LogP contribution in [-0.2, 0) is 4.79 Å². The average Bonchev–Trinajstić information content (AvgIpc) is 2.50. The number of amides is 1. The third kappa shape index (κ3) is 1.89. The summed E-state index contributed by atoms with van der Waals surface area (Å²) in [5, 5.41) is 9.71. The summed E-state index contributed by atoms with van der Waals surface area (Å²) >= 11 is 5.83. The summed E-state index contributed by atoms with van der Waals surface area (Å²) in [6.45, 7) is 3.83. The van der Waals surface area contributed by atoms with E-state index in [1.54, 1.807) is 17.0 Å². The fourth-order valence-electron chi connectivity index (χ4n) is 2.26. The second kappa shape index (κ2) is 4.05. The van der Waals surface area contributed by atoms with Crippen molar-refractivity contribution in [2.24, 2.45) is 5.92 Å². The first-order valence-electron chi connectivity index (χ1n) is 5.45. The number of nitrogens with zero attached hydrogens (tertiary/aromatic N) is 2. The summed E-state index contributed by atoms with van der Waals surface area (Å²) in [5.41, 5.74) is 0.321. The van der Waals surface area contributed by atoms with Gasteiger partial charge in [-0.15, -0.1) is 0 Å². The molecule has 17 heavy (non-hydrogen) atoms. The van der Waals surface area contributed by atoms with E-state index in [-0.39, 0.29) is 18.2 Å². The molecule has 1 aliphatic heterocycles. The maximum absolute atomic E-state index is 12.0. The highest BCUT2D eigenvalue weighted by Gasteiger charge is 2.47. The van der Waals surface area contributed by atoms with Crippen molar-refractivity contribution < 1.29 is 4.79 Å². The molecule has 1 aromatic rings. The fourth-order valence-corrected chi connectivity index (χ4v) is 2.39. The van der Waals surface area contributed by atoms with Crippen LogP contribution >= 0.6 is 11.6 Å². The Kier molecular flexibility index (Phi) is 2.84. The van der Waals surface area contributed by atoms with Crippen LogP contribution in [-0.4, -0.2) is 11.4 Å². The monoisotopic (exact) mass is 248 g/mol. The van der Waals surface area contributed by atoms with E-state index in [0.717, 1.165) is 5.69 Å². The molecule has 1 fully saturated rings. The molecule has 0 N–H and O–H groups in total. The molecule has 1 heterocycles. The summed E-state index contributed by atoms with van der Waals surface area (Å²) in [4.78, 5) is 13.7. The topological polar surface area (TPSA) is 44.1 Å². The molecule has 1 unspecified atom stereocenters. The SMILES string of the molecule is CC1(C)C(C#N)CC(=O)N1c1ccc(Cl)cc1. The molecule has 1 amide bonds. The molecule has 2 rings (SSSR count). The molecule has 0 bridgehead atoms. The second-order valence-corrected chi connectivity index (χ2v) is 5.18. The quantitative estimate of drug-likeness (QED) is 0.767. The minimum absolute atomic E-state index is 0.0103. The first-order chi connectivity index (χ1) is 7.96. The predicted molar refractivity (Wildman–Crippen MR) is 66.7 cm³/mol. The molecule has 0 radical (unpaired) electrons. The molecule has 1 aliphatic rings. The summed E-state index contributed by atoms with van der Waals surface area (Å²) in [6, 6.07) is 9.32. The van der Waals surface area contributed by atoms with Gasteiger partial charge >= 0.3 is 0 Å². The van der Waals surface area contributed by atoms with Gasteiger partial charge < -0.3 is 4.90 Å². The molecule has 1 saturated heterocycles. The zero-order valence-electron chi connectivity index (χ0n) is 9.77. The molecule has 4 heteroatoms. The zero-order chi connectivity index (χ0) is 12.6. The van der Waals surface area contributed by atoms with Crippen molar-refractivity contribution in [3.63, 3.8) is 0 Å². The highest BCUT2D eigenvalue weighted by atomic mass is 35.5. The Labute approximate surface area is 106 Å². The van der Waals surface area contributed by atoms with Crippen LogP contribution in [0.15, 0.2) is 24.3 Å². The normalized spacial score (nSPS) is 22.6. The molecular weight excluding hydrogens is 236 g/mol. The van der Waals surface area contributed by atoms with E-state index in [4.69, 9.17) is 16.9 Å². The Balaban J connectivity index is 2.42. The standard InChI is InChI=1S/C13H13ClN2O/c1-13(2)9(8-15)7-12(17)16(13)11-5-3-10(14)4-6-11/h3-6,9H,7H2,1-2H3. The third-order valence-corrected chi connectivity index (χ3v) is 3.55. The summed E-state index contributed by atoms with van der Waals surface area (Å²) in [5.74, 6) is -0.283. The number of hydrogen-bond acceptors (Lipinski definition) is 2. The summed E-state index contributed by atoms with van der Waals surface area (Å²) in [7, 11) is 0. The summed E-state index contributed by atoms with van der Waals surface area (Å²) < 4.78 is 0. The van der Waals surface area contributed by atoms with E-state index in [0.29, 0.717) is 5.02 Å². The second-order valence-electron chi connectivity index (χ2n) is 4.75. The fraction of sp³-hybridized carbons (Fsp3) is 0.385. The van der Waals surface area contributed by atoms with Gasteiger partial charge in [0.15, 0.2) is 0 Å². The van der Waals surface area contributed by atoms with Crippen LogP contribution in [0, 0.1) is 17.2 Å². The zero-order valence-corrected chi connectivity index (χ0v) is 10.5. The van der Waals surface area contributed by atoms with E-state index in [2.05, 4.69) is 6.07 Å². The van der Waals surface area contributed by atoms with Gasteiger partial charge in [-0.05, 0) is 38.1 Å². The number of rotatable bonds is 1. The van der Waals surface area contributed by atoms with E-state index in [1.807, 2.05) is 26.0 Å². The third-order valence-electron chi connectivity index (χ3n) is 3.30. The van der Waals surface area contributed by atoms with Gasteiger partial charge in [0.25, 0.3) is 0 Å². The largest absolute Gasteiger partial charge is 0.306 e. The lowest BCUT2D eigenvalue weighted by Crippen LogP contribution is -2.44. The Morgan fingerprint density at radius 3 is 2.47 bits per heavy atom. The molecule has 0 saturated carbocycles. The number of carbonyl (C=O) groups is 1. The van der Waals surface area contributed by atoms with E-state index >= 15 is 0 Å². The minimum atomic E-state index is -0.473. The van der Waals surface area contributed by atoms with Crippen LogP contribution in [0.4, 0.5) is 5.69 Å². The lowest BCUT2D eigenvalue weighted by atomic mass is 9.89. The first-order valence-corrected chi connectivity index (χ1v) is 5.83. The van der Waals surface area contributed by atoms with Gasteiger partial charge in [-0.2, -0.15) is 5.26 Å². The highest BCUT2D eigenvalue weighted by molar-refractivity contribution is 6.30. The van der Waals surface area contributed by atoms with Gasteiger partial charge in [-0.1, -0.05) is 11.6 Å². The van der Waals surface area contributed by atoms with Crippen LogP contribution in [0.2, 0.25) is 5.02 Å². The Bertz CT molecular complexity index is 487. The smallest absolute Gasteiger partial charge is 0.228 e. The number of hydrogen-bond donors (Lipinski definition) is 0. The van der Waals surface area contributed by atoms with E-state index < -0.39 is 5.54 Å². The lowest BCUT2D eigenvalue weighted by molar-refractivity contribution is -0.117. The number of halogens is 1. The summed E-state index contributed by atoms with van der Waals surface area (Å²) in [6.07, 6.45) is 0.284. The molecule has 0 aliphatic carbocycles. The Morgan fingerprint density at radius 2 is 2.00 bits per heavy atom. The number of nitriles is 1. The van der Waals surface area contributed by atoms with Crippen molar-refractivity contribution in [3.05, 3.63) is 29.3 Å². The molecule has 0 aromatic heterocycles. The Hall–Kier alpha value is -1.53. The predicted octanol–water partition coefficient (Wildman–Crippen LogP) is 3.00. The van der Waals surface area contributed by atoms with Crippen LogP contribution in [0.5, 0.6) is 0 Å². The maximum atomic E-state index is 12.0. The molecule has 3 nitrogen and oxygen atoms in total. The van der Waals surface area contributed by atoms with Crippen molar-refractivity contribution in [2.45, 2.75) is 25.8 Å². The van der Waals surface area contributed by atoms with E-state index in [9.17, 15) is 4.79 Å². The van der Waals surface area contributed by atoms with Crippen LogP contribution in [0.3, 0.4) is 0 Å². The maximum Gasteiger partial charge on any atom is 0.228 e. The molecule has 0 spiro atoms. The Morgan fingerprint density at radius 1 is 1.41 bits per heavy atom. The van der Waals surface area contributed by atoms with Crippen molar-refractivity contribution in [1.29, 1.82) is 5.26 Å². The average molecular weight is 249 g/mol. The molecule has 1 aromatic carbocycles. The van der Waals surface area contributed by atoms with Crippen molar-refractivity contribution >= 4 is 23.2 Å². The highest BCUT2D eigenvalue weighted by Crippen LogP contribution is 2.38. The van der Waals surface area contributed by atoms with E-state index in [1.165, 1.54) is 0 Å². The van der Waals surface area contributed by atoms with Gasteiger partial charge in [0, 0.05) is 17.1 Å². The molecule has 1 atom stereocenters. The number of benzene rings is 1. The first kappa shape index (κ1) is 11.9. The van der Waals surface area contributed by atoms with Gasteiger partial charge in [0.05, 0.1) is 17.5 Å². The van der Waals surface area contributed by atoms with Gasteiger partial charge in [-0.3, -0.25) is 4.79 Å². The number of carbonyl (C=O) groups excluding carboxylic acids is 1. The van der Waals surface area contributed by atoms with Crippen molar-refractivity contribution in [2.75, 3.05) is 4.90 Å².